The Hall–Kier alpha value is -2.23. The molecule has 176 valence electrons. The second kappa shape index (κ2) is 8.77. The Morgan fingerprint density at radius 1 is 1.18 bits per heavy atom. The molecule has 0 saturated carbocycles. The first-order valence-electron chi connectivity index (χ1n) is 11.2. The van der Waals surface area contributed by atoms with Gasteiger partial charge in [-0.05, 0) is 36.6 Å². The lowest BCUT2D eigenvalue weighted by Crippen LogP contribution is -2.56. The molecule has 1 N–H and O–H groups in total. The average molecular weight is 517 g/mol. The summed E-state index contributed by atoms with van der Waals surface area (Å²) >= 11 is 14.5. The third kappa shape index (κ3) is 3.69. The molecule has 0 aliphatic carbocycles. The van der Waals surface area contributed by atoms with Crippen LogP contribution in [0.25, 0.3) is 10.6 Å². The van der Waals surface area contributed by atoms with Crippen molar-refractivity contribution in [2.24, 2.45) is 0 Å². The van der Waals surface area contributed by atoms with Gasteiger partial charge in [-0.3, -0.25) is 4.79 Å². The molecule has 0 atom stereocenters. The van der Waals surface area contributed by atoms with E-state index in [4.69, 9.17) is 37.7 Å². The fourth-order valence-electron chi connectivity index (χ4n) is 4.75. The lowest BCUT2D eigenvalue weighted by molar-refractivity contribution is -0.126. The molecule has 2 fully saturated rings. The number of hydrogen-bond acceptors (Lipinski definition) is 7. The predicted molar refractivity (Wildman–Crippen MR) is 132 cm³/mol. The molecule has 34 heavy (non-hydrogen) atoms. The molecule has 0 radical (unpaired) electrons. The zero-order chi connectivity index (χ0) is 23.3. The van der Waals surface area contributed by atoms with Crippen molar-refractivity contribution in [1.82, 2.24) is 14.9 Å². The number of nitrogens with one attached hydrogen (secondary N) is 1. The van der Waals surface area contributed by atoms with E-state index >= 15 is 0 Å². The van der Waals surface area contributed by atoms with E-state index in [1.54, 1.807) is 6.20 Å². The van der Waals surface area contributed by atoms with Crippen LogP contribution in [0.1, 0.15) is 33.6 Å². The number of ether oxygens (including phenoxy) is 2. The quantitative estimate of drug-likeness (QED) is 0.515. The highest BCUT2D eigenvalue weighted by Gasteiger charge is 2.57. The van der Waals surface area contributed by atoms with Crippen molar-refractivity contribution in [2.45, 2.75) is 31.0 Å². The summed E-state index contributed by atoms with van der Waals surface area (Å²) in [5.41, 5.74) is 1.73. The Labute approximate surface area is 211 Å². The molecule has 2 saturated heterocycles. The first-order chi connectivity index (χ1) is 16.5. The van der Waals surface area contributed by atoms with Crippen molar-refractivity contribution >= 4 is 46.4 Å². The number of thiophene rings is 1. The summed E-state index contributed by atoms with van der Waals surface area (Å²) in [5.74, 6) is 0.477. The number of anilines is 1. The number of carbonyl (C=O) groups excluding carboxylic acids is 1. The van der Waals surface area contributed by atoms with Crippen LogP contribution in [0.15, 0.2) is 36.5 Å². The van der Waals surface area contributed by atoms with Crippen LogP contribution in [0.5, 0.6) is 0 Å². The third-order valence-electron chi connectivity index (χ3n) is 6.60. The first kappa shape index (κ1) is 22.2. The van der Waals surface area contributed by atoms with Crippen LogP contribution in [0.2, 0.25) is 10.0 Å². The summed E-state index contributed by atoms with van der Waals surface area (Å²) in [5, 5.41) is 4.49. The van der Waals surface area contributed by atoms with Crippen molar-refractivity contribution in [3.8, 4) is 10.6 Å². The van der Waals surface area contributed by atoms with Crippen LogP contribution in [0, 0.1) is 0 Å². The smallest absolute Gasteiger partial charge is 0.257 e. The molecule has 3 aliphatic heterocycles. The highest BCUT2D eigenvalue weighted by Crippen LogP contribution is 2.54. The minimum absolute atomic E-state index is 0.0830. The van der Waals surface area contributed by atoms with Gasteiger partial charge in [0.05, 0.1) is 39.2 Å². The monoisotopic (exact) mass is 516 g/mol. The van der Waals surface area contributed by atoms with Gasteiger partial charge in [-0.25, -0.2) is 9.97 Å². The Kier molecular flexibility index (Phi) is 5.74. The van der Waals surface area contributed by atoms with Crippen LogP contribution in [0.4, 0.5) is 5.95 Å². The maximum atomic E-state index is 13.6. The summed E-state index contributed by atoms with van der Waals surface area (Å²) in [6.45, 7) is 2.81. The van der Waals surface area contributed by atoms with E-state index in [2.05, 4.69) is 10.3 Å². The van der Waals surface area contributed by atoms with E-state index in [0.717, 1.165) is 41.4 Å². The average Bonchev–Trinajstić information content (AvgIpc) is 3.27. The molecule has 3 aliphatic rings. The zero-order valence-corrected chi connectivity index (χ0v) is 20.6. The van der Waals surface area contributed by atoms with E-state index in [1.165, 1.54) is 11.3 Å². The third-order valence-corrected chi connectivity index (χ3v) is 8.73. The molecule has 3 aromatic rings. The number of nitrogens with zero attached hydrogens (tertiary/aromatic N) is 3. The van der Waals surface area contributed by atoms with Gasteiger partial charge in [0.2, 0.25) is 5.95 Å². The maximum absolute atomic E-state index is 13.6. The van der Waals surface area contributed by atoms with Crippen molar-refractivity contribution in [3.05, 3.63) is 62.6 Å². The number of halogens is 2. The van der Waals surface area contributed by atoms with Gasteiger partial charge in [-0.15, -0.1) is 11.3 Å². The lowest BCUT2D eigenvalue weighted by Gasteiger charge is -2.45. The molecule has 0 bridgehead atoms. The Morgan fingerprint density at radius 2 is 2.00 bits per heavy atom. The summed E-state index contributed by atoms with van der Waals surface area (Å²) in [4.78, 5) is 26.3. The Morgan fingerprint density at radius 3 is 2.74 bits per heavy atom. The largest absolute Gasteiger partial charge is 0.381 e. The second-order valence-corrected chi connectivity index (χ2v) is 10.6. The molecular weight excluding hydrogens is 495 g/mol. The van der Waals surface area contributed by atoms with Crippen molar-refractivity contribution in [1.29, 1.82) is 0 Å². The molecule has 10 heteroatoms. The van der Waals surface area contributed by atoms with Crippen LogP contribution < -0.4 is 5.32 Å². The van der Waals surface area contributed by atoms with Gasteiger partial charge in [0.25, 0.3) is 5.91 Å². The van der Waals surface area contributed by atoms with Crippen LogP contribution in [-0.2, 0) is 21.6 Å². The SMILES string of the molecule is O=C1c2c(sc(-c3ccnc(NC4CCOCC4)n3)c2Cl)C2(COC2)N1Cc1cccc(Cl)c1. The van der Waals surface area contributed by atoms with Gasteiger partial charge in [0.1, 0.15) is 5.54 Å². The normalized spacial score (nSPS) is 19.4. The van der Waals surface area contributed by atoms with Gasteiger partial charge in [0.15, 0.2) is 0 Å². The zero-order valence-electron chi connectivity index (χ0n) is 18.2. The molecule has 1 amide bonds. The molecule has 6 rings (SSSR count). The number of aromatic nitrogens is 2. The summed E-state index contributed by atoms with van der Waals surface area (Å²) < 4.78 is 11.0. The second-order valence-electron chi connectivity index (χ2n) is 8.79. The van der Waals surface area contributed by atoms with Gasteiger partial charge in [0, 0.05) is 37.0 Å². The first-order valence-corrected chi connectivity index (χ1v) is 12.8. The van der Waals surface area contributed by atoms with Crippen LogP contribution >= 0.6 is 34.5 Å². The predicted octanol–water partition coefficient (Wildman–Crippen LogP) is 4.98. The minimum Gasteiger partial charge on any atom is -0.381 e. The molecule has 5 heterocycles. The summed E-state index contributed by atoms with van der Waals surface area (Å²) in [6.07, 6.45) is 3.56. The standard InChI is InChI=1S/C24H22Cl2N4O3S/c25-15-3-1-2-14(10-15)11-30-22(31)18-19(26)20(34-21(18)24(30)12-33-13-24)17-4-7-27-23(29-17)28-16-5-8-32-9-6-16/h1-4,7,10,16H,5-6,8-9,11-13H2,(H,27,28,29). The van der Waals surface area contributed by atoms with Crippen LogP contribution in [0.3, 0.4) is 0 Å². The van der Waals surface area contributed by atoms with Gasteiger partial charge < -0.3 is 19.7 Å². The number of rotatable bonds is 5. The number of hydrogen-bond donors (Lipinski definition) is 1. The fraction of sp³-hybridized carbons (Fsp3) is 0.375. The van der Waals surface area contributed by atoms with E-state index in [0.29, 0.717) is 47.0 Å². The molecule has 0 unspecified atom stereocenters. The molecule has 2 aromatic heterocycles. The fourth-order valence-corrected chi connectivity index (χ4v) is 6.73. The highest BCUT2D eigenvalue weighted by atomic mass is 35.5. The van der Waals surface area contributed by atoms with E-state index in [1.807, 2.05) is 35.2 Å². The lowest BCUT2D eigenvalue weighted by atomic mass is 9.94. The molecule has 7 nitrogen and oxygen atoms in total. The van der Waals surface area contributed by atoms with Gasteiger partial charge >= 0.3 is 0 Å². The summed E-state index contributed by atoms with van der Waals surface area (Å²) in [6, 6.07) is 9.69. The van der Waals surface area contributed by atoms with E-state index < -0.39 is 5.54 Å². The van der Waals surface area contributed by atoms with Crippen molar-refractivity contribution in [3.63, 3.8) is 0 Å². The number of fused-ring (bicyclic) bond motifs is 2. The van der Waals surface area contributed by atoms with Crippen LogP contribution in [-0.4, -0.2) is 53.2 Å². The minimum atomic E-state index is -0.502. The maximum Gasteiger partial charge on any atom is 0.257 e. The Balaban J connectivity index is 1.32. The van der Waals surface area contributed by atoms with Gasteiger partial charge in [-0.2, -0.15) is 0 Å². The van der Waals surface area contributed by atoms with Crippen molar-refractivity contribution in [2.75, 3.05) is 31.7 Å². The number of carbonyl (C=O) groups is 1. The molecule has 1 spiro atoms. The topological polar surface area (TPSA) is 76.6 Å². The summed E-state index contributed by atoms with van der Waals surface area (Å²) in [7, 11) is 0. The highest BCUT2D eigenvalue weighted by molar-refractivity contribution is 7.17. The van der Waals surface area contributed by atoms with Crippen molar-refractivity contribution < 1.29 is 14.3 Å². The Bertz CT molecular complexity index is 1260. The molecule has 1 aromatic carbocycles. The molecular formula is C24H22Cl2N4O3S. The van der Waals surface area contributed by atoms with E-state index in [-0.39, 0.29) is 11.9 Å². The van der Waals surface area contributed by atoms with E-state index in [9.17, 15) is 4.79 Å². The number of amides is 1. The van der Waals surface area contributed by atoms with Gasteiger partial charge in [-0.1, -0.05) is 35.3 Å². The number of benzene rings is 1.